The summed E-state index contributed by atoms with van der Waals surface area (Å²) in [7, 11) is 0. The van der Waals surface area contributed by atoms with Crippen molar-refractivity contribution in [2.75, 3.05) is 26.2 Å². The highest BCUT2D eigenvalue weighted by Gasteiger charge is 2.19. The number of benzene rings is 1. The monoisotopic (exact) mass is 326 g/mol. The summed E-state index contributed by atoms with van der Waals surface area (Å²) in [6.45, 7) is 9.44. The van der Waals surface area contributed by atoms with Crippen LogP contribution in [0.15, 0.2) is 24.3 Å². The molecule has 1 aliphatic rings. The van der Waals surface area contributed by atoms with Crippen LogP contribution < -0.4 is 0 Å². The number of halogens is 1. The zero-order valence-corrected chi connectivity index (χ0v) is 13.4. The zero-order valence-electron chi connectivity index (χ0n) is 13.4. The first-order valence-electron chi connectivity index (χ1n) is 7.47. The van der Waals surface area contributed by atoms with E-state index >= 15 is 0 Å². The fourth-order valence-electron chi connectivity index (χ4n) is 2.31. The Balaban J connectivity index is 0.000000379. The summed E-state index contributed by atoms with van der Waals surface area (Å²) >= 11 is 0. The maximum Gasteiger partial charge on any atom is 0.414 e. The van der Waals surface area contributed by atoms with E-state index in [1.165, 1.54) is 0 Å². The highest BCUT2D eigenvalue weighted by molar-refractivity contribution is 6.27. The predicted octanol–water partition coefficient (Wildman–Crippen LogP) is 1.51. The standard InChI is InChI=1S/C14H21FN2.C2H2O4/c1-12(2)17-9-7-16(8-10-17)11-13-5-3-4-6-14(13)15;3-1(4)2(5)6/h3-6,12H,7-11H2,1-2H3;(H,3,4)(H,5,6). The van der Waals surface area contributed by atoms with E-state index in [0.29, 0.717) is 6.04 Å². The number of carbonyl (C=O) groups is 2. The van der Waals surface area contributed by atoms with Crippen molar-refractivity contribution in [3.05, 3.63) is 35.6 Å². The SMILES string of the molecule is CC(C)N1CCN(Cc2ccccc2F)CC1.O=C(O)C(=O)O. The number of rotatable bonds is 3. The maximum absolute atomic E-state index is 13.5. The van der Waals surface area contributed by atoms with Gasteiger partial charge in [-0.1, -0.05) is 18.2 Å². The molecule has 0 bridgehead atoms. The van der Waals surface area contributed by atoms with Gasteiger partial charge < -0.3 is 10.2 Å². The Morgan fingerprint density at radius 1 is 1.09 bits per heavy atom. The molecule has 7 heteroatoms. The van der Waals surface area contributed by atoms with Crippen LogP contribution in [0.25, 0.3) is 0 Å². The van der Waals surface area contributed by atoms with Crippen LogP contribution in [0.1, 0.15) is 19.4 Å². The van der Waals surface area contributed by atoms with Gasteiger partial charge in [-0.05, 0) is 19.9 Å². The fraction of sp³-hybridized carbons (Fsp3) is 0.500. The molecule has 0 aliphatic carbocycles. The molecule has 0 saturated carbocycles. The van der Waals surface area contributed by atoms with Gasteiger partial charge in [0.25, 0.3) is 0 Å². The number of carboxylic acid groups (broad SMARTS) is 2. The third kappa shape index (κ3) is 6.75. The van der Waals surface area contributed by atoms with E-state index in [9.17, 15) is 4.39 Å². The molecule has 1 heterocycles. The number of piperazine rings is 1. The zero-order chi connectivity index (χ0) is 17.4. The lowest BCUT2D eigenvalue weighted by Crippen LogP contribution is -2.48. The molecular formula is C16H23FN2O4. The van der Waals surface area contributed by atoms with Crippen molar-refractivity contribution in [1.82, 2.24) is 9.80 Å². The number of hydrogen-bond acceptors (Lipinski definition) is 4. The quantitative estimate of drug-likeness (QED) is 0.820. The van der Waals surface area contributed by atoms with Crippen LogP contribution in [-0.2, 0) is 16.1 Å². The van der Waals surface area contributed by atoms with Crippen molar-refractivity contribution in [1.29, 1.82) is 0 Å². The average molecular weight is 326 g/mol. The van der Waals surface area contributed by atoms with Gasteiger partial charge in [0.05, 0.1) is 0 Å². The molecular weight excluding hydrogens is 303 g/mol. The van der Waals surface area contributed by atoms with Gasteiger partial charge in [0.15, 0.2) is 0 Å². The summed E-state index contributed by atoms with van der Waals surface area (Å²) < 4.78 is 13.5. The molecule has 1 aliphatic heterocycles. The third-order valence-corrected chi connectivity index (χ3v) is 3.67. The van der Waals surface area contributed by atoms with Gasteiger partial charge in [-0.15, -0.1) is 0 Å². The second kappa shape index (κ2) is 9.22. The maximum atomic E-state index is 13.5. The molecule has 0 amide bonds. The van der Waals surface area contributed by atoms with Crippen LogP contribution in [0.5, 0.6) is 0 Å². The first kappa shape index (κ1) is 19.1. The third-order valence-electron chi connectivity index (χ3n) is 3.67. The molecule has 6 nitrogen and oxygen atoms in total. The molecule has 0 unspecified atom stereocenters. The number of carboxylic acids is 2. The summed E-state index contributed by atoms with van der Waals surface area (Å²) in [5, 5.41) is 14.8. The molecule has 23 heavy (non-hydrogen) atoms. The lowest BCUT2D eigenvalue weighted by atomic mass is 10.1. The van der Waals surface area contributed by atoms with E-state index in [2.05, 4.69) is 23.6 Å². The van der Waals surface area contributed by atoms with Crippen LogP contribution in [0.4, 0.5) is 4.39 Å². The van der Waals surface area contributed by atoms with Gasteiger partial charge >= 0.3 is 11.9 Å². The van der Waals surface area contributed by atoms with Crippen LogP contribution in [0, 0.1) is 5.82 Å². The highest BCUT2D eigenvalue weighted by Crippen LogP contribution is 2.12. The molecule has 128 valence electrons. The lowest BCUT2D eigenvalue weighted by molar-refractivity contribution is -0.159. The minimum Gasteiger partial charge on any atom is -0.473 e. The summed E-state index contributed by atoms with van der Waals surface area (Å²) in [6, 6.07) is 7.69. The fourth-order valence-corrected chi connectivity index (χ4v) is 2.31. The lowest BCUT2D eigenvalue weighted by Gasteiger charge is -2.36. The summed E-state index contributed by atoms with van der Waals surface area (Å²) in [5.41, 5.74) is 0.811. The largest absolute Gasteiger partial charge is 0.473 e. The minimum atomic E-state index is -1.82. The molecule has 0 atom stereocenters. The van der Waals surface area contributed by atoms with Gasteiger partial charge in [0, 0.05) is 44.3 Å². The Labute approximate surface area is 135 Å². The first-order chi connectivity index (χ1) is 10.8. The smallest absolute Gasteiger partial charge is 0.414 e. The van der Waals surface area contributed by atoms with E-state index in [-0.39, 0.29) is 5.82 Å². The summed E-state index contributed by atoms with van der Waals surface area (Å²) in [6.07, 6.45) is 0. The summed E-state index contributed by atoms with van der Waals surface area (Å²) in [4.78, 5) is 23.0. The van der Waals surface area contributed by atoms with Gasteiger partial charge in [-0.3, -0.25) is 9.80 Å². The predicted molar refractivity (Wildman–Crippen MR) is 83.7 cm³/mol. The molecule has 1 saturated heterocycles. The van der Waals surface area contributed by atoms with E-state index < -0.39 is 11.9 Å². The van der Waals surface area contributed by atoms with Crippen molar-refractivity contribution in [3.63, 3.8) is 0 Å². The van der Waals surface area contributed by atoms with Crippen LogP contribution in [-0.4, -0.2) is 64.2 Å². The van der Waals surface area contributed by atoms with E-state index in [1.807, 2.05) is 12.1 Å². The minimum absolute atomic E-state index is 0.0845. The number of hydrogen-bond donors (Lipinski definition) is 2. The van der Waals surface area contributed by atoms with Crippen molar-refractivity contribution >= 4 is 11.9 Å². The van der Waals surface area contributed by atoms with Crippen LogP contribution in [0.3, 0.4) is 0 Å². The second-order valence-electron chi connectivity index (χ2n) is 5.61. The topological polar surface area (TPSA) is 81.1 Å². The van der Waals surface area contributed by atoms with E-state index in [0.717, 1.165) is 38.3 Å². The molecule has 1 fully saturated rings. The Morgan fingerprint density at radius 2 is 1.61 bits per heavy atom. The summed E-state index contributed by atoms with van der Waals surface area (Å²) in [5.74, 6) is -3.73. The average Bonchev–Trinajstić information content (AvgIpc) is 2.50. The van der Waals surface area contributed by atoms with Crippen molar-refractivity contribution in [3.8, 4) is 0 Å². The Morgan fingerprint density at radius 3 is 2.04 bits per heavy atom. The molecule has 2 rings (SSSR count). The Kier molecular flexibility index (Phi) is 7.64. The Hall–Kier alpha value is -1.99. The van der Waals surface area contributed by atoms with Crippen LogP contribution >= 0.6 is 0 Å². The number of aliphatic carboxylic acids is 2. The number of nitrogens with zero attached hydrogens (tertiary/aromatic N) is 2. The second-order valence-corrected chi connectivity index (χ2v) is 5.61. The molecule has 0 spiro atoms. The molecule has 1 aromatic rings. The van der Waals surface area contributed by atoms with Crippen molar-refractivity contribution < 1.29 is 24.2 Å². The molecule has 1 aromatic carbocycles. The van der Waals surface area contributed by atoms with E-state index in [1.54, 1.807) is 12.1 Å². The van der Waals surface area contributed by atoms with Gasteiger partial charge in [0.1, 0.15) is 5.82 Å². The first-order valence-corrected chi connectivity index (χ1v) is 7.47. The highest BCUT2D eigenvalue weighted by atomic mass is 19.1. The molecule has 0 aromatic heterocycles. The van der Waals surface area contributed by atoms with Gasteiger partial charge in [-0.2, -0.15) is 0 Å². The van der Waals surface area contributed by atoms with Gasteiger partial charge in [-0.25, -0.2) is 14.0 Å². The molecule has 0 radical (unpaired) electrons. The van der Waals surface area contributed by atoms with Gasteiger partial charge in [0.2, 0.25) is 0 Å². The van der Waals surface area contributed by atoms with Crippen molar-refractivity contribution in [2.45, 2.75) is 26.4 Å². The Bertz CT molecular complexity index is 517. The van der Waals surface area contributed by atoms with Crippen LogP contribution in [0.2, 0.25) is 0 Å². The van der Waals surface area contributed by atoms with Crippen molar-refractivity contribution in [2.24, 2.45) is 0 Å². The van der Waals surface area contributed by atoms with E-state index in [4.69, 9.17) is 19.8 Å². The molecule has 2 N–H and O–H groups in total. The normalized spacial score (nSPS) is 15.8.